The first-order chi connectivity index (χ1) is 6.90. The van der Waals surface area contributed by atoms with Gasteiger partial charge in [-0.3, -0.25) is 5.43 Å². The lowest BCUT2D eigenvalue weighted by Gasteiger charge is -2.42. The molecular weight excluding hydrogens is 190 g/mol. The topological polar surface area (TPSA) is 67.2 Å². The van der Waals surface area contributed by atoms with Gasteiger partial charge in [-0.1, -0.05) is 20.8 Å². The van der Waals surface area contributed by atoms with Crippen molar-refractivity contribution in [3.63, 3.8) is 0 Å². The van der Waals surface area contributed by atoms with E-state index in [4.69, 9.17) is 5.84 Å². The molecule has 0 unspecified atom stereocenters. The summed E-state index contributed by atoms with van der Waals surface area (Å²) >= 11 is 0. The van der Waals surface area contributed by atoms with Crippen LogP contribution in [-0.2, 0) is 0 Å². The molecule has 2 amide bonds. The molecule has 0 radical (unpaired) electrons. The zero-order chi connectivity index (χ0) is 11.3. The van der Waals surface area contributed by atoms with E-state index in [9.17, 15) is 4.79 Å². The lowest BCUT2D eigenvalue weighted by molar-refractivity contribution is 0.114. The fourth-order valence-corrected chi connectivity index (χ4v) is 3.84. The quantitative estimate of drug-likeness (QED) is 0.348. The Hall–Kier alpha value is -0.770. The largest absolute Gasteiger partial charge is 0.333 e. The molecule has 3 atom stereocenters. The van der Waals surface area contributed by atoms with Crippen LogP contribution < -0.4 is 16.6 Å². The predicted octanol–water partition coefficient (Wildman–Crippen LogP) is 1.37. The van der Waals surface area contributed by atoms with E-state index < -0.39 is 0 Å². The first-order valence-corrected chi connectivity index (χ1v) is 5.67. The minimum absolute atomic E-state index is 0.194. The summed E-state index contributed by atoms with van der Waals surface area (Å²) in [4.78, 5) is 11.3. The standard InChI is InChI=1S/C11H21N3O/c1-10(2)7-4-5-11(3,6-7)8(10)13-9(15)14-12/h7-8H,4-6,12H2,1-3H3,(H2,13,14,15)/t7-,8-,11+/m0/s1. The number of fused-ring (bicyclic) bond motifs is 2. The Bertz CT molecular complexity index is 285. The highest BCUT2D eigenvalue weighted by Crippen LogP contribution is 2.62. The second kappa shape index (κ2) is 3.11. The summed E-state index contributed by atoms with van der Waals surface area (Å²) in [5.74, 6) is 5.86. The maximum Gasteiger partial charge on any atom is 0.329 e. The fraction of sp³-hybridized carbons (Fsp3) is 0.909. The molecule has 2 aliphatic rings. The summed E-state index contributed by atoms with van der Waals surface area (Å²) in [6.07, 6.45) is 3.75. The second-order valence-corrected chi connectivity index (χ2v) is 5.97. The Balaban J connectivity index is 2.19. The van der Waals surface area contributed by atoms with Gasteiger partial charge in [0.2, 0.25) is 0 Å². The first-order valence-electron chi connectivity index (χ1n) is 5.67. The number of amides is 2. The van der Waals surface area contributed by atoms with Crippen LogP contribution in [0.3, 0.4) is 0 Å². The molecule has 0 heterocycles. The third-order valence-corrected chi connectivity index (χ3v) is 4.68. The summed E-state index contributed by atoms with van der Waals surface area (Å²) in [6.45, 7) is 6.79. The number of hydrogen-bond donors (Lipinski definition) is 3. The minimum atomic E-state index is -0.262. The summed E-state index contributed by atoms with van der Waals surface area (Å²) in [5.41, 5.74) is 2.61. The van der Waals surface area contributed by atoms with Crippen molar-refractivity contribution in [1.29, 1.82) is 0 Å². The number of rotatable bonds is 1. The van der Waals surface area contributed by atoms with Crippen molar-refractivity contribution in [2.24, 2.45) is 22.6 Å². The summed E-state index contributed by atoms with van der Waals surface area (Å²) in [5, 5.41) is 3.02. The van der Waals surface area contributed by atoms with Crippen LogP contribution >= 0.6 is 0 Å². The van der Waals surface area contributed by atoms with Crippen molar-refractivity contribution in [3.05, 3.63) is 0 Å². The maximum atomic E-state index is 11.3. The van der Waals surface area contributed by atoms with Gasteiger partial charge in [0.15, 0.2) is 0 Å². The van der Waals surface area contributed by atoms with Gasteiger partial charge in [0, 0.05) is 6.04 Å². The molecule has 2 aliphatic carbocycles. The number of carbonyl (C=O) groups excluding carboxylic acids is 1. The highest BCUT2D eigenvalue weighted by molar-refractivity contribution is 5.73. The molecule has 0 aromatic carbocycles. The van der Waals surface area contributed by atoms with E-state index in [-0.39, 0.29) is 22.9 Å². The lowest BCUT2D eigenvalue weighted by atomic mass is 9.68. The van der Waals surface area contributed by atoms with Crippen LogP contribution in [-0.4, -0.2) is 12.1 Å². The monoisotopic (exact) mass is 211 g/mol. The Kier molecular flexibility index (Phi) is 2.23. The van der Waals surface area contributed by atoms with Gasteiger partial charge in [-0.25, -0.2) is 10.6 Å². The van der Waals surface area contributed by atoms with Gasteiger partial charge in [-0.2, -0.15) is 0 Å². The van der Waals surface area contributed by atoms with Crippen molar-refractivity contribution in [3.8, 4) is 0 Å². The highest BCUT2D eigenvalue weighted by Gasteiger charge is 2.59. The third kappa shape index (κ3) is 1.42. The Morgan fingerprint density at radius 2 is 2.07 bits per heavy atom. The molecule has 2 bridgehead atoms. The van der Waals surface area contributed by atoms with Crippen LogP contribution in [0.2, 0.25) is 0 Å². The molecule has 0 aromatic heterocycles. The second-order valence-electron chi connectivity index (χ2n) is 5.97. The van der Waals surface area contributed by atoms with Crippen molar-refractivity contribution in [2.45, 2.75) is 46.1 Å². The molecule has 4 nitrogen and oxygen atoms in total. The Morgan fingerprint density at radius 3 is 2.53 bits per heavy atom. The van der Waals surface area contributed by atoms with E-state index in [2.05, 4.69) is 31.5 Å². The Morgan fingerprint density at radius 1 is 1.40 bits per heavy atom. The van der Waals surface area contributed by atoms with Crippen LogP contribution in [0.1, 0.15) is 40.0 Å². The van der Waals surface area contributed by atoms with Gasteiger partial charge >= 0.3 is 6.03 Å². The van der Waals surface area contributed by atoms with E-state index in [1.165, 1.54) is 19.3 Å². The molecule has 4 heteroatoms. The zero-order valence-electron chi connectivity index (χ0n) is 9.76. The molecule has 0 saturated heterocycles. The van der Waals surface area contributed by atoms with E-state index in [0.717, 1.165) is 5.92 Å². The predicted molar refractivity (Wildman–Crippen MR) is 58.9 cm³/mol. The molecule has 4 N–H and O–H groups in total. The van der Waals surface area contributed by atoms with E-state index in [1.807, 2.05) is 0 Å². The van der Waals surface area contributed by atoms with Crippen molar-refractivity contribution in [1.82, 2.24) is 10.7 Å². The van der Waals surface area contributed by atoms with Crippen LogP contribution in [0.15, 0.2) is 0 Å². The van der Waals surface area contributed by atoms with Crippen LogP contribution in [0, 0.1) is 16.7 Å². The van der Waals surface area contributed by atoms with Crippen molar-refractivity contribution in [2.75, 3.05) is 0 Å². The molecule has 15 heavy (non-hydrogen) atoms. The van der Waals surface area contributed by atoms with Gasteiger partial charge in [0.1, 0.15) is 0 Å². The molecule has 0 aliphatic heterocycles. The molecular formula is C11H21N3O. The number of hydrazine groups is 1. The van der Waals surface area contributed by atoms with Gasteiger partial charge in [-0.05, 0) is 36.0 Å². The van der Waals surface area contributed by atoms with Gasteiger partial charge in [0.25, 0.3) is 0 Å². The van der Waals surface area contributed by atoms with Crippen LogP contribution in [0.5, 0.6) is 0 Å². The van der Waals surface area contributed by atoms with Gasteiger partial charge in [-0.15, -0.1) is 0 Å². The third-order valence-electron chi connectivity index (χ3n) is 4.68. The molecule has 2 rings (SSSR count). The molecule has 0 spiro atoms. The van der Waals surface area contributed by atoms with Gasteiger partial charge in [0.05, 0.1) is 0 Å². The summed E-state index contributed by atoms with van der Waals surface area (Å²) in [7, 11) is 0. The number of nitrogens with one attached hydrogen (secondary N) is 2. The average molecular weight is 211 g/mol. The van der Waals surface area contributed by atoms with Crippen LogP contribution in [0.4, 0.5) is 4.79 Å². The molecule has 2 fully saturated rings. The maximum absolute atomic E-state index is 11.3. The Labute approximate surface area is 90.9 Å². The average Bonchev–Trinajstić information content (AvgIpc) is 2.63. The minimum Gasteiger partial charge on any atom is -0.333 e. The number of urea groups is 1. The summed E-state index contributed by atoms with van der Waals surface area (Å²) in [6, 6.07) is -0.0193. The summed E-state index contributed by atoms with van der Waals surface area (Å²) < 4.78 is 0. The first kappa shape index (κ1) is 10.7. The smallest absolute Gasteiger partial charge is 0.329 e. The number of hydrogen-bond acceptors (Lipinski definition) is 2. The number of nitrogens with two attached hydrogens (primary N) is 1. The normalized spacial score (nSPS) is 41.6. The molecule has 2 saturated carbocycles. The highest BCUT2D eigenvalue weighted by atomic mass is 16.2. The number of carbonyl (C=O) groups is 1. The lowest BCUT2D eigenvalue weighted by Crippen LogP contribution is -2.55. The molecule has 0 aromatic rings. The van der Waals surface area contributed by atoms with E-state index in [0.29, 0.717) is 0 Å². The fourth-order valence-electron chi connectivity index (χ4n) is 3.84. The van der Waals surface area contributed by atoms with Crippen molar-refractivity contribution >= 4 is 6.03 Å². The van der Waals surface area contributed by atoms with Gasteiger partial charge < -0.3 is 5.32 Å². The van der Waals surface area contributed by atoms with E-state index in [1.54, 1.807) is 0 Å². The van der Waals surface area contributed by atoms with Crippen LogP contribution in [0.25, 0.3) is 0 Å². The molecule has 86 valence electrons. The van der Waals surface area contributed by atoms with Crippen molar-refractivity contribution < 1.29 is 4.79 Å². The van der Waals surface area contributed by atoms with E-state index >= 15 is 0 Å². The SMILES string of the molecule is CC1(C)[C@H]2CC[C@](C)(C2)[C@H]1NC(=O)NN. The zero-order valence-corrected chi connectivity index (χ0v) is 9.76.